The van der Waals surface area contributed by atoms with Crippen molar-refractivity contribution in [1.29, 1.82) is 0 Å². The number of nitrogens with one attached hydrogen (secondary N) is 1. The summed E-state index contributed by atoms with van der Waals surface area (Å²) < 4.78 is 39.1. The summed E-state index contributed by atoms with van der Waals surface area (Å²) >= 11 is 0. The van der Waals surface area contributed by atoms with Gasteiger partial charge >= 0.3 is 0 Å². The monoisotopic (exact) mass is 472 g/mol. The van der Waals surface area contributed by atoms with Gasteiger partial charge in [0.2, 0.25) is 15.9 Å². The molecule has 2 aromatic carbocycles. The number of amides is 1. The Morgan fingerprint density at radius 1 is 1.00 bits per heavy atom. The molecule has 1 aliphatic rings. The van der Waals surface area contributed by atoms with Crippen LogP contribution in [0.25, 0.3) is 0 Å². The topological polar surface area (TPSA) is 84.9 Å². The number of carbonyl (C=O) groups is 1. The zero-order chi connectivity index (χ0) is 23.7. The van der Waals surface area contributed by atoms with Crippen LogP contribution in [0.3, 0.4) is 0 Å². The van der Waals surface area contributed by atoms with Crippen molar-refractivity contribution in [2.75, 3.05) is 39.5 Å². The third-order valence-electron chi connectivity index (χ3n) is 5.33. The summed E-state index contributed by atoms with van der Waals surface area (Å²) in [5.74, 6) is -0.295. The van der Waals surface area contributed by atoms with Crippen LogP contribution in [-0.4, -0.2) is 58.1 Å². The lowest BCUT2D eigenvalue weighted by Gasteiger charge is -2.27. The van der Waals surface area contributed by atoms with Crippen LogP contribution in [0.5, 0.6) is 0 Å². The smallest absolute Gasteiger partial charge is 0.249 e. The minimum absolute atomic E-state index is 0.129. The van der Waals surface area contributed by atoms with Crippen molar-refractivity contribution in [3.63, 3.8) is 0 Å². The van der Waals surface area contributed by atoms with E-state index in [9.17, 15) is 13.2 Å². The Kier molecular flexibility index (Phi) is 9.20. The van der Waals surface area contributed by atoms with E-state index in [2.05, 4.69) is 5.32 Å². The minimum atomic E-state index is -3.80. The first-order chi connectivity index (χ1) is 15.9. The first-order valence-corrected chi connectivity index (χ1v) is 12.7. The Balaban J connectivity index is 1.69. The molecule has 0 spiro atoms. The number of ether oxygens (including phenoxy) is 2. The third kappa shape index (κ3) is 6.51. The van der Waals surface area contributed by atoms with Gasteiger partial charge in [0.05, 0.1) is 30.8 Å². The number of rotatable bonds is 12. The van der Waals surface area contributed by atoms with Crippen LogP contribution in [0.1, 0.15) is 30.5 Å². The molecule has 0 fully saturated rings. The van der Waals surface area contributed by atoms with Gasteiger partial charge in [-0.2, -0.15) is 4.31 Å². The van der Waals surface area contributed by atoms with Crippen molar-refractivity contribution in [3.05, 3.63) is 77.4 Å². The van der Waals surface area contributed by atoms with Gasteiger partial charge in [-0.25, -0.2) is 8.42 Å². The maximum Gasteiger partial charge on any atom is 0.249 e. The lowest BCUT2D eigenvalue weighted by Crippen LogP contribution is -2.36. The molecule has 1 atom stereocenters. The molecule has 7 nitrogen and oxygen atoms in total. The maximum atomic E-state index is 13.4. The van der Waals surface area contributed by atoms with Gasteiger partial charge in [0, 0.05) is 25.3 Å². The van der Waals surface area contributed by atoms with Gasteiger partial charge in [-0.15, -0.1) is 0 Å². The normalized spacial score (nSPS) is 16.5. The molecule has 1 amide bonds. The van der Waals surface area contributed by atoms with Crippen molar-refractivity contribution >= 4 is 15.9 Å². The first-order valence-electron chi connectivity index (χ1n) is 11.2. The Labute approximate surface area is 196 Å². The summed E-state index contributed by atoms with van der Waals surface area (Å²) in [6, 6.07) is 15.3. The molecule has 8 heteroatoms. The fraction of sp³-hybridized carbons (Fsp3) is 0.400. The van der Waals surface area contributed by atoms with Gasteiger partial charge in [0.15, 0.2) is 0 Å². The Morgan fingerprint density at radius 3 is 2.33 bits per heavy atom. The molecule has 0 saturated carbocycles. The van der Waals surface area contributed by atoms with Gasteiger partial charge in [-0.1, -0.05) is 61.0 Å². The largest absolute Gasteiger partial charge is 0.379 e. The second-order valence-corrected chi connectivity index (χ2v) is 9.73. The second-order valence-electron chi connectivity index (χ2n) is 7.84. The van der Waals surface area contributed by atoms with Gasteiger partial charge < -0.3 is 14.8 Å². The van der Waals surface area contributed by atoms with E-state index in [1.165, 1.54) is 4.31 Å². The molecule has 0 bridgehead atoms. The molecule has 33 heavy (non-hydrogen) atoms. The van der Waals surface area contributed by atoms with Crippen LogP contribution >= 0.6 is 0 Å². The van der Waals surface area contributed by atoms with Crippen molar-refractivity contribution < 1.29 is 22.7 Å². The van der Waals surface area contributed by atoms with Crippen molar-refractivity contribution in [3.8, 4) is 0 Å². The van der Waals surface area contributed by atoms with Crippen LogP contribution in [0.4, 0.5) is 0 Å². The summed E-state index contributed by atoms with van der Waals surface area (Å²) in [5.41, 5.74) is 2.15. The Bertz CT molecular complexity index is 1040. The third-order valence-corrected chi connectivity index (χ3v) is 7.18. The summed E-state index contributed by atoms with van der Waals surface area (Å²) in [6.45, 7) is 6.46. The van der Waals surface area contributed by atoms with Crippen LogP contribution in [0.2, 0.25) is 0 Å². The molecule has 0 saturated heterocycles. The van der Waals surface area contributed by atoms with E-state index in [4.69, 9.17) is 9.47 Å². The lowest BCUT2D eigenvalue weighted by molar-refractivity contribution is -0.118. The molecular formula is C25H32N2O5S. The van der Waals surface area contributed by atoms with E-state index in [1.807, 2.05) is 44.2 Å². The van der Waals surface area contributed by atoms with E-state index in [1.54, 1.807) is 30.3 Å². The molecule has 1 N–H and O–H groups in total. The van der Waals surface area contributed by atoms with Gasteiger partial charge in [-0.05, 0) is 31.0 Å². The molecule has 3 rings (SSSR count). The Hall–Kier alpha value is -2.52. The molecule has 1 unspecified atom stereocenters. The maximum absolute atomic E-state index is 13.4. The highest BCUT2D eigenvalue weighted by atomic mass is 32.2. The first kappa shape index (κ1) is 25.1. The SMILES string of the molecule is CCCOCCOCCNC(=O)C1=CCN(S(=O)(=O)c2ccc(C)cc2)C1c1ccccc1. The number of hydrogen-bond donors (Lipinski definition) is 1. The standard InChI is InChI=1S/C25H32N2O5S/c1-3-16-31-18-19-32-17-14-26-25(28)23-13-15-27(24(23)21-7-5-4-6-8-21)33(29,30)22-11-9-20(2)10-12-22/h4-13,24H,3,14-19H2,1-2H3,(H,26,28). The van der Waals surface area contributed by atoms with Crippen LogP contribution in [-0.2, 0) is 24.3 Å². The highest BCUT2D eigenvalue weighted by Gasteiger charge is 2.40. The van der Waals surface area contributed by atoms with Gasteiger partial charge in [0.1, 0.15) is 0 Å². The van der Waals surface area contributed by atoms with E-state index in [-0.39, 0.29) is 17.3 Å². The van der Waals surface area contributed by atoms with Crippen LogP contribution < -0.4 is 5.32 Å². The number of aryl methyl sites for hydroxylation is 1. The zero-order valence-corrected chi connectivity index (χ0v) is 20.0. The second kappa shape index (κ2) is 12.1. The van der Waals surface area contributed by atoms with E-state index < -0.39 is 16.1 Å². The average molecular weight is 473 g/mol. The highest BCUT2D eigenvalue weighted by molar-refractivity contribution is 7.89. The van der Waals surface area contributed by atoms with E-state index in [0.717, 1.165) is 17.5 Å². The van der Waals surface area contributed by atoms with Crippen LogP contribution in [0.15, 0.2) is 71.1 Å². The van der Waals surface area contributed by atoms with Crippen LogP contribution in [0, 0.1) is 6.92 Å². The summed E-state index contributed by atoms with van der Waals surface area (Å²) in [6.07, 6.45) is 2.66. The number of hydrogen-bond acceptors (Lipinski definition) is 5. The number of nitrogens with zero attached hydrogens (tertiary/aromatic N) is 1. The number of carbonyl (C=O) groups excluding carboxylic acids is 1. The predicted molar refractivity (Wildman–Crippen MR) is 127 cm³/mol. The van der Waals surface area contributed by atoms with Gasteiger partial charge in [0.25, 0.3) is 0 Å². The number of sulfonamides is 1. The Morgan fingerprint density at radius 2 is 1.67 bits per heavy atom. The van der Waals surface area contributed by atoms with Gasteiger partial charge in [-0.3, -0.25) is 4.79 Å². The molecule has 0 aliphatic carbocycles. The molecular weight excluding hydrogens is 440 g/mol. The molecule has 0 radical (unpaired) electrons. The van der Waals surface area contributed by atoms with Crippen molar-refractivity contribution in [2.45, 2.75) is 31.2 Å². The lowest BCUT2D eigenvalue weighted by atomic mass is 10.0. The highest BCUT2D eigenvalue weighted by Crippen LogP contribution is 2.37. The van der Waals surface area contributed by atoms with Crippen molar-refractivity contribution in [2.24, 2.45) is 0 Å². The molecule has 1 aliphatic heterocycles. The molecule has 178 valence electrons. The molecule has 0 aromatic heterocycles. The molecule has 1 heterocycles. The van der Waals surface area contributed by atoms with Crippen molar-refractivity contribution in [1.82, 2.24) is 9.62 Å². The van der Waals surface area contributed by atoms with E-state index >= 15 is 0 Å². The fourth-order valence-electron chi connectivity index (χ4n) is 3.65. The summed E-state index contributed by atoms with van der Waals surface area (Å²) in [4.78, 5) is 13.2. The zero-order valence-electron chi connectivity index (χ0n) is 19.2. The summed E-state index contributed by atoms with van der Waals surface area (Å²) in [5, 5.41) is 2.85. The van der Waals surface area contributed by atoms with E-state index in [0.29, 0.717) is 38.5 Å². The number of benzene rings is 2. The minimum Gasteiger partial charge on any atom is -0.379 e. The summed E-state index contributed by atoms with van der Waals surface area (Å²) in [7, 11) is -3.80. The average Bonchev–Trinajstić information content (AvgIpc) is 3.28. The fourth-order valence-corrected chi connectivity index (χ4v) is 5.18. The quantitative estimate of drug-likeness (QED) is 0.480. The predicted octanol–water partition coefficient (Wildman–Crippen LogP) is 3.23. The molecule has 2 aromatic rings.